The molecular formula is C68H77N10O14S2. The van der Waals surface area contributed by atoms with Crippen LogP contribution >= 0.6 is 11.3 Å². The summed E-state index contributed by atoms with van der Waals surface area (Å²) in [6.07, 6.45) is 11.8. The number of benzene rings is 3. The number of pyridine rings is 1. The molecule has 2 unspecified atom stereocenters. The third-order valence-electron chi connectivity index (χ3n) is 19.4. The lowest BCUT2D eigenvalue weighted by Crippen LogP contribution is -2.64. The number of carbonyl (C=O) groups excluding carboxylic acids is 6. The Hall–Kier alpha value is -8.43. The van der Waals surface area contributed by atoms with Crippen LogP contribution in [0, 0.1) is 29.2 Å². The van der Waals surface area contributed by atoms with E-state index in [1.54, 1.807) is 13.2 Å². The van der Waals surface area contributed by atoms with E-state index in [0.717, 1.165) is 88.2 Å². The van der Waals surface area contributed by atoms with Crippen molar-refractivity contribution < 1.29 is 65.8 Å². The first-order valence-corrected chi connectivity index (χ1v) is 34.2. The molecule has 6 amide bonds. The number of rotatable bonds is 26. The van der Waals surface area contributed by atoms with Gasteiger partial charge in [0.2, 0.25) is 11.8 Å². The molecule has 24 nitrogen and oxygen atoms in total. The number of hydrogen-bond acceptors (Lipinski definition) is 17. The largest absolute Gasteiger partial charge is 0.476 e. The van der Waals surface area contributed by atoms with Crippen molar-refractivity contribution in [3.63, 3.8) is 0 Å². The van der Waals surface area contributed by atoms with Gasteiger partial charge in [-0.05, 0) is 146 Å². The van der Waals surface area contributed by atoms with Gasteiger partial charge in [-0.15, -0.1) is 0 Å². The van der Waals surface area contributed by atoms with Gasteiger partial charge in [0, 0.05) is 80.7 Å². The van der Waals surface area contributed by atoms with Gasteiger partial charge in [-0.2, -0.15) is 13.5 Å². The molecule has 3 aliphatic heterocycles. The molecule has 6 heterocycles. The molecule has 7 aliphatic rings. The number of carboxylic acids is 1. The SMILES string of the molecule is Cc1c(-c2ccc(N3CCc4cccc(C(=O)Nc5nc6ccccc6s5)c4C3)nc2C(=O)O)cnn1CC12CC3(C)CC(C)(C1)CC(OCCN(C)C(=O)OCc1[c]cc(CCCCNC(=O)CN4C(=O)[C@@H](N5C(=O)C=CC5=O)C[C@H]4COCCS(=O)(=O)O)cc1)(C3)C2. The molecule has 0 spiro atoms. The van der Waals surface area contributed by atoms with Gasteiger partial charge in [-0.3, -0.25) is 43.4 Å². The van der Waals surface area contributed by atoms with Gasteiger partial charge < -0.3 is 39.3 Å². The van der Waals surface area contributed by atoms with E-state index < -0.39 is 69.2 Å². The van der Waals surface area contributed by atoms with Gasteiger partial charge in [-0.25, -0.2) is 19.6 Å². The van der Waals surface area contributed by atoms with E-state index in [0.29, 0.717) is 98.2 Å². The van der Waals surface area contributed by atoms with Gasteiger partial charge in [0.05, 0.1) is 60.2 Å². The predicted octanol–water partition coefficient (Wildman–Crippen LogP) is 7.82. The zero-order chi connectivity index (χ0) is 66.3. The molecule has 94 heavy (non-hydrogen) atoms. The molecule has 6 aromatic rings. The van der Waals surface area contributed by atoms with Crippen LogP contribution in [0.2, 0.25) is 0 Å². The number of aromatic carboxylic acids is 1. The number of thiazole rings is 1. The van der Waals surface area contributed by atoms with E-state index >= 15 is 0 Å². The Morgan fingerprint density at radius 2 is 1.67 bits per heavy atom. The second-order valence-corrected chi connectivity index (χ2v) is 29.7. The molecule has 13 rings (SSSR count). The monoisotopic (exact) mass is 1320 g/mol. The smallest absolute Gasteiger partial charge is 0.409 e. The van der Waals surface area contributed by atoms with Crippen molar-refractivity contribution in [3.8, 4) is 11.1 Å². The second kappa shape index (κ2) is 26.4. The fourth-order valence-corrected chi connectivity index (χ4v) is 17.5. The number of para-hydroxylation sites is 1. The number of fused-ring (bicyclic) bond motifs is 2. The predicted molar refractivity (Wildman–Crippen MR) is 347 cm³/mol. The maximum atomic E-state index is 13.8. The molecule has 4 N–H and O–H groups in total. The third kappa shape index (κ3) is 14.3. The Balaban J connectivity index is 0.602. The fourth-order valence-electron chi connectivity index (χ4n) is 16.3. The van der Waals surface area contributed by atoms with E-state index in [-0.39, 0.29) is 60.6 Å². The van der Waals surface area contributed by atoms with Crippen LogP contribution in [0.4, 0.5) is 15.7 Å². The highest BCUT2D eigenvalue weighted by Gasteiger charge is 2.66. The molecular weight excluding hydrogens is 1240 g/mol. The van der Waals surface area contributed by atoms with E-state index in [2.05, 4.69) is 35.5 Å². The quantitative estimate of drug-likeness (QED) is 0.0228. The number of imide groups is 1. The summed E-state index contributed by atoms with van der Waals surface area (Å²) in [5, 5.41) is 22.0. The minimum Gasteiger partial charge on any atom is -0.476 e. The molecule has 5 fully saturated rings. The first kappa shape index (κ1) is 65.6. The van der Waals surface area contributed by atoms with Gasteiger partial charge in [-0.1, -0.05) is 67.6 Å². The molecule has 3 aromatic heterocycles. The number of hydrogen-bond donors (Lipinski definition) is 4. The minimum absolute atomic E-state index is 0.0108. The molecule has 1 radical (unpaired) electrons. The summed E-state index contributed by atoms with van der Waals surface area (Å²) in [7, 11) is -2.59. The number of likely N-dealkylation sites (tertiary alicyclic amines) is 1. The third-order valence-corrected chi connectivity index (χ3v) is 21.0. The molecule has 4 atom stereocenters. The molecule has 1 saturated heterocycles. The normalized spacial score (nSPS) is 23.8. The number of likely N-dealkylation sites (N-methyl/N-ethyl adjacent to an activating group) is 1. The number of nitrogens with one attached hydrogen (secondary N) is 2. The maximum Gasteiger partial charge on any atom is 0.409 e. The van der Waals surface area contributed by atoms with Crippen molar-refractivity contribution in [2.24, 2.45) is 16.2 Å². The highest BCUT2D eigenvalue weighted by atomic mass is 32.2. The van der Waals surface area contributed by atoms with Crippen LogP contribution in [0.5, 0.6) is 0 Å². The van der Waals surface area contributed by atoms with Gasteiger partial charge in [0.25, 0.3) is 27.8 Å². The van der Waals surface area contributed by atoms with Crippen molar-refractivity contribution in [2.75, 3.05) is 69.0 Å². The number of aryl methyl sites for hydroxylation is 1. The number of amides is 6. The minimum atomic E-state index is -4.29. The average molecular weight is 1320 g/mol. The summed E-state index contributed by atoms with van der Waals surface area (Å²) in [6.45, 7) is 8.45. The Morgan fingerprint density at radius 3 is 2.40 bits per heavy atom. The molecule has 26 heteroatoms. The van der Waals surface area contributed by atoms with Gasteiger partial charge in [0.15, 0.2) is 10.8 Å². The Kier molecular flexibility index (Phi) is 18.4. The summed E-state index contributed by atoms with van der Waals surface area (Å²) >= 11 is 1.42. The summed E-state index contributed by atoms with van der Waals surface area (Å²) in [6, 6.07) is 24.1. The second-order valence-electron chi connectivity index (χ2n) is 27.1. The van der Waals surface area contributed by atoms with E-state index in [9.17, 15) is 47.1 Å². The van der Waals surface area contributed by atoms with Crippen molar-refractivity contribution in [2.45, 2.75) is 129 Å². The maximum absolute atomic E-state index is 13.8. The number of nitrogens with zero attached hydrogens (tertiary/aromatic N) is 8. The topological polar surface area (TPSA) is 302 Å². The van der Waals surface area contributed by atoms with Crippen LogP contribution in [0.15, 0.2) is 91.1 Å². The average Bonchev–Trinajstić information content (AvgIpc) is 0.840. The number of carboxylic acid groups (broad SMARTS) is 1. The highest BCUT2D eigenvalue weighted by molar-refractivity contribution is 7.85. The molecule has 4 bridgehead atoms. The standard InChI is InChI=1S/C68H77N10O14S2/c1-43-50(48-19-20-55(72-59(48)62(84)85)75-25-23-46-11-9-12-49(51(46)32-75)60(82)73-63-71-52-13-5-6-14-54(52)93-63)31-70-77(43)42-67-37-65(2)36-66(3,38-67)40-68(39-65,41-67)92-27-26-74(4)64(86)91-34-45-17-15-44(16-18-45)10-7-8-24-69-56(79)33-76-47(35-90-28-29-94(87,88)89)30-53(61(76)83)78-57(80)21-22-58(78)81/h5-6,9,11-17,19-22,31,47,53H,7-8,10,23-30,32-42H2,1-4H3,(H,69,79)(H,84,85)(H,71,73,82)(H,87,88,89)/t47-,53-,65?,66?,67?,68?/m0/s1. The highest BCUT2D eigenvalue weighted by Crippen LogP contribution is 2.72. The Morgan fingerprint density at radius 1 is 0.894 bits per heavy atom. The summed E-state index contributed by atoms with van der Waals surface area (Å²) in [5.41, 5.74) is 6.46. The van der Waals surface area contributed by atoms with Crippen molar-refractivity contribution in [1.29, 1.82) is 0 Å². The van der Waals surface area contributed by atoms with E-state index in [1.807, 2.05) is 89.3 Å². The van der Waals surface area contributed by atoms with Crippen LogP contribution in [0.25, 0.3) is 21.3 Å². The zero-order valence-corrected chi connectivity index (χ0v) is 54.7. The van der Waals surface area contributed by atoms with Crippen molar-refractivity contribution >= 4 is 84.2 Å². The fraction of sp³-hybridized carbons (Fsp3) is 0.471. The van der Waals surface area contributed by atoms with Crippen LogP contribution in [-0.2, 0) is 76.0 Å². The van der Waals surface area contributed by atoms with Crippen LogP contribution in [-0.4, -0.2) is 171 Å². The number of ether oxygens (including phenoxy) is 3. The first-order valence-electron chi connectivity index (χ1n) is 31.8. The van der Waals surface area contributed by atoms with E-state index in [1.165, 1.54) is 21.1 Å². The lowest BCUT2D eigenvalue weighted by molar-refractivity contribution is -0.248. The van der Waals surface area contributed by atoms with E-state index in [4.69, 9.17) is 28.8 Å². The number of aromatic nitrogens is 4. The van der Waals surface area contributed by atoms with Crippen LogP contribution in [0.1, 0.15) is 120 Å². The van der Waals surface area contributed by atoms with Crippen LogP contribution in [0.3, 0.4) is 0 Å². The van der Waals surface area contributed by atoms with Crippen molar-refractivity contribution in [1.82, 2.24) is 39.8 Å². The van der Waals surface area contributed by atoms with Gasteiger partial charge in [0.1, 0.15) is 18.5 Å². The Bertz CT molecular complexity index is 4040. The van der Waals surface area contributed by atoms with Crippen molar-refractivity contribution in [3.05, 3.63) is 136 Å². The molecule has 4 saturated carbocycles. The molecule has 495 valence electrons. The first-order chi connectivity index (χ1) is 44.8. The number of anilines is 2. The van der Waals surface area contributed by atoms with Gasteiger partial charge >= 0.3 is 12.1 Å². The summed E-state index contributed by atoms with van der Waals surface area (Å²) in [5.74, 6) is -3.92. The lowest BCUT2D eigenvalue weighted by Gasteiger charge is -2.69. The summed E-state index contributed by atoms with van der Waals surface area (Å²) in [4.78, 5) is 106. The number of unbranched alkanes of at least 4 members (excludes halogenated alkanes) is 1. The zero-order valence-electron chi connectivity index (χ0n) is 53.1. The molecule has 3 aromatic carbocycles. The number of carbonyl (C=O) groups is 7. The lowest BCUT2D eigenvalue weighted by atomic mass is 9.39. The summed E-state index contributed by atoms with van der Waals surface area (Å²) < 4.78 is 52.5. The molecule has 4 aliphatic carbocycles. The van der Waals surface area contributed by atoms with Crippen LogP contribution < -0.4 is 15.5 Å². The Labute approximate surface area is 548 Å².